The first-order chi connectivity index (χ1) is 11.2. The van der Waals surface area contributed by atoms with Gasteiger partial charge < -0.3 is 14.8 Å². The Morgan fingerprint density at radius 3 is 2.78 bits per heavy atom. The van der Waals surface area contributed by atoms with Crippen molar-refractivity contribution in [1.29, 1.82) is 5.26 Å². The summed E-state index contributed by atoms with van der Waals surface area (Å²) in [5, 5.41) is 12.6. The van der Waals surface area contributed by atoms with Crippen LogP contribution in [0.4, 0.5) is 5.00 Å². The van der Waals surface area contributed by atoms with Crippen LogP contribution in [0.25, 0.3) is 0 Å². The third-order valence-corrected chi connectivity index (χ3v) is 4.78. The molecular formula is C16H20N2O4S. The molecule has 1 amide bonds. The van der Waals surface area contributed by atoms with Crippen molar-refractivity contribution in [1.82, 2.24) is 0 Å². The van der Waals surface area contributed by atoms with E-state index in [-0.39, 0.29) is 13.2 Å². The molecule has 0 aromatic carbocycles. The molecule has 0 radical (unpaired) electrons. The number of carbonyl (C=O) groups excluding carboxylic acids is 2. The third kappa shape index (κ3) is 4.78. The number of anilines is 1. The van der Waals surface area contributed by atoms with Crippen LogP contribution in [0.3, 0.4) is 0 Å². The molecule has 1 aliphatic carbocycles. The summed E-state index contributed by atoms with van der Waals surface area (Å²) in [5.41, 5.74) is 1.62. The molecule has 6 nitrogen and oxygen atoms in total. The van der Waals surface area contributed by atoms with Crippen LogP contribution in [-0.4, -0.2) is 31.7 Å². The highest BCUT2D eigenvalue weighted by molar-refractivity contribution is 7.16. The first-order valence-corrected chi connectivity index (χ1v) is 8.55. The van der Waals surface area contributed by atoms with Gasteiger partial charge in [-0.05, 0) is 38.2 Å². The number of nitrogens with one attached hydrogen (secondary N) is 1. The Hall–Kier alpha value is -1.91. The molecule has 23 heavy (non-hydrogen) atoms. The minimum absolute atomic E-state index is 0.166. The number of ether oxygens (including phenoxy) is 2. The van der Waals surface area contributed by atoms with Gasteiger partial charge in [-0.25, -0.2) is 4.79 Å². The largest absolute Gasteiger partial charge is 0.454 e. The summed E-state index contributed by atoms with van der Waals surface area (Å²) in [4.78, 5) is 24.4. The Balaban J connectivity index is 1.96. The number of amides is 1. The second kappa shape index (κ2) is 8.65. The van der Waals surface area contributed by atoms with Crippen molar-refractivity contribution in [2.75, 3.05) is 25.1 Å². The van der Waals surface area contributed by atoms with Gasteiger partial charge in [-0.1, -0.05) is 6.42 Å². The second-order valence-electron chi connectivity index (χ2n) is 5.23. The van der Waals surface area contributed by atoms with Crippen LogP contribution < -0.4 is 5.32 Å². The molecule has 1 aromatic heterocycles. The Morgan fingerprint density at radius 1 is 1.26 bits per heavy atom. The second-order valence-corrected chi connectivity index (χ2v) is 6.33. The number of hydrogen-bond acceptors (Lipinski definition) is 6. The minimum atomic E-state index is -0.579. The molecule has 0 unspecified atom stereocenters. The smallest absolute Gasteiger partial charge is 0.332 e. The van der Waals surface area contributed by atoms with Gasteiger partial charge in [-0.15, -0.1) is 11.3 Å². The van der Waals surface area contributed by atoms with E-state index in [0.29, 0.717) is 17.2 Å². The van der Waals surface area contributed by atoms with Gasteiger partial charge >= 0.3 is 5.97 Å². The molecule has 1 aromatic rings. The molecule has 0 spiro atoms. The van der Waals surface area contributed by atoms with Crippen LogP contribution in [0.2, 0.25) is 0 Å². The number of hydrogen-bond donors (Lipinski definition) is 1. The summed E-state index contributed by atoms with van der Waals surface area (Å²) in [6, 6.07) is 2.20. The highest BCUT2D eigenvalue weighted by Crippen LogP contribution is 2.36. The summed E-state index contributed by atoms with van der Waals surface area (Å²) in [7, 11) is 0. The van der Waals surface area contributed by atoms with E-state index >= 15 is 0 Å². The highest BCUT2D eigenvalue weighted by atomic mass is 32.1. The topological polar surface area (TPSA) is 88.4 Å². The van der Waals surface area contributed by atoms with Crippen LogP contribution in [-0.2, 0) is 31.9 Å². The predicted octanol–water partition coefficient (Wildman–Crippen LogP) is 2.41. The quantitative estimate of drug-likeness (QED) is 0.636. The van der Waals surface area contributed by atoms with Gasteiger partial charge in [0.2, 0.25) is 0 Å². The molecule has 0 fully saturated rings. The molecule has 0 saturated heterocycles. The minimum Gasteiger partial charge on any atom is -0.454 e. The number of aryl methyl sites for hydroxylation is 1. The molecule has 0 atom stereocenters. The number of carbonyl (C=O) groups is 2. The lowest BCUT2D eigenvalue weighted by molar-refractivity contribution is -0.151. The van der Waals surface area contributed by atoms with E-state index in [1.54, 1.807) is 6.92 Å². The first kappa shape index (κ1) is 17.4. The number of esters is 1. The summed E-state index contributed by atoms with van der Waals surface area (Å²) >= 11 is 1.46. The average molecular weight is 336 g/mol. The zero-order valence-electron chi connectivity index (χ0n) is 13.1. The van der Waals surface area contributed by atoms with Gasteiger partial charge in [0.1, 0.15) is 17.7 Å². The van der Waals surface area contributed by atoms with Crippen molar-refractivity contribution in [2.24, 2.45) is 0 Å². The average Bonchev–Trinajstić information content (AvgIpc) is 2.70. The van der Waals surface area contributed by atoms with Gasteiger partial charge in [-0.2, -0.15) is 5.26 Å². The Morgan fingerprint density at radius 2 is 2.04 bits per heavy atom. The molecule has 124 valence electrons. The molecule has 1 heterocycles. The van der Waals surface area contributed by atoms with Gasteiger partial charge in [0.15, 0.2) is 6.61 Å². The summed E-state index contributed by atoms with van der Waals surface area (Å²) < 4.78 is 9.72. The van der Waals surface area contributed by atoms with Crippen molar-refractivity contribution in [3.8, 4) is 6.07 Å². The molecule has 1 aliphatic rings. The number of nitriles is 1. The number of nitrogens with zero attached hydrogens (tertiary/aromatic N) is 1. The van der Waals surface area contributed by atoms with Gasteiger partial charge in [-0.3, -0.25) is 4.79 Å². The van der Waals surface area contributed by atoms with Crippen LogP contribution >= 0.6 is 11.3 Å². The number of thiophene rings is 1. The standard InChI is InChI=1S/C16H20N2O4S/c1-2-21-10-15(20)22-9-14(19)18-16-12(8-17)11-6-4-3-5-7-13(11)23-16/h2-7,9-10H2,1H3,(H,18,19). The lowest BCUT2D eigenvalue weighted by atomic mass is 10.1. The molecule has 0 saturated carbocycles. The normalized spacial score (nSPS) is 13.6. The van der Waals surface area contributed by atoms with E-state index in [9.17, 15) is 14.9 Å². The van der Waals surface area contributed by atoms with E-state index < -0.39 is 11.9 Å². The molecule has 0 aliphatic heterocycles. The fraction of sp³-hybridized carbons (Fsp3) is 0.562. The fourth-order valence-corrected chi connectivity index (χ4v) is 3.74. The predicted molar refractivity (Wildman–Crippen MR) is 86.4 cm³/mol. The molecular weight excluding hydrogens is 316 g/mol. The first-order valence-electron chi connectivity index (χ1n) is 7.73. The fourth-order valence-electron chi connectivity index (χ4n) is 2.48. The van der Waals surface area contributed by atoms with Crippen LogP contribution in [0.1, 0.15) is 42.2 Å². The van der Waals surface area contributed by atoms with E-state index in [1.807, 2.05) is 0 Å². The maximum absolute atomic E-state index is 11.9. The lowest BCUT2D eigenvalue weighted by Crippen LogP contribution is -2.22. The van der Waals surface area contributed by atoms with Gasteiger partial charge in [0, 0.05) is 11.5 Å². The maximum atomic E-state index is 11.9. The van der Waals surface area contributed by atoms with E-state index in [0.717, 1.165) is 31.2 Å². The van der Waals surface area contributed by atoms with E-state index in [2.05, 4.69) is 11.4 Å². The van der Waals surface area contributed by atoms with Crippen molar-refractivity contribution < 1.29 is 19.1 Å². The Bertz CT molecular complexity index is 618. The molecule has 0 bridgehead atoms. The van der Waals surface area contributed by atoms with Crippen molar-refractivity contribution in [3.05, 3.63) is 16.0 Å². The van der Waals surface area contributed by atoms with Crippen LogP contribution in [0.5, 0.6) is 0 Å². The Labute approximate surface area is 139 Å². The van der Waals surface area contributed by atoms with Crippen LogP contribution in [0.15, 0.2) is 0 Å². The molecule has 1 N–H and O–H groups in total. The number of fused-ring (bicyclic) bond motifs is 1. The zero-order chi connectivity index (χ0) is 16.7. The summed E-state index contributed by atoms with van der Waals surface area (Å²) in [6.45, 7) is 1.64. The zero-order valence-corrected chi connectivity index (χ0v) is 14.0. The summed E-state index contributed by atoms with van der Waals surface area (Å²) in [5.74, 6) is -1.02. The monoisotopic (exact) mass is 336 g/mol. The maximum Gasteiger partial charge on any atom is 0.332 e. The molecule has 7 heteroatoms. The van der Waals surface area contributed by atoms with E-state index in [4.69, 9.17) is 9.47 Å². The Kier molecular flexibility index (Phi) is 6.56. The van der Waals surface area contributed by atoms with Crippen molar-refractivity contribution in [3.63, 3.8) is 0 Å². The van der Waals surface area contributed by atoms with Crippen molar-refractivity contribution >= 4 is 28.2 Å². The third-order valence-electron chi connectivity index (χ3n) is 3.57. The summed E-state index contributed by atoms with van der Waals surface area (Å²) in [6.07, 6.45) is 5.19. The van der Waals surface area contributed by atoms with Crippen LogP contribution in [0, 0.1) is 11.3 Å². The molecule has 2 rings (SSSR count). The number of rotatable bonds is 6. The van der Waals surface area contributed by atoms with E-state index in [1.165, 1.54) is 22.6 Å². The van der Waals surface area contributed by atoms with Gasteiger partial charge in [0.05, 0.1) is 5.56 Å². The lowest BCUT2D eigenvalue weighted by Gasteiger charge is -2.06. The van der Waals surface area contributed by atoms with Gasteiger partial charge in [0.25, 0.3) is 5.91 Å². The SMILES string of the molecule is CCOCC(=O)OCC(=O)Nc1sc2c(c1C#N)CCCCC2. The highest BCUT2D eigenvalue weighted by Gasteiger charge is 2.21. The van der Waals surface area contributed by atoms with Crippen molar-refractivity contribution in [2.45, 2.75) is 39.0 Å².